The molecule has 0 amide bonds. The maximum atomic E-state index is 4.70. The van der Waals surface area contributed by atoms with Gasteiger partial charge in [-0.15, -0.1) is 0 Å². The van der Waals surface area contributed by atoms with Gasteiger partial charge in [0.2, 0.25) is 0 Å². The van der Waals surface area contributed by atoms with Crippen LogP contribution in [-0.2, 0) is 13.1 Å². The van der Waals surface area contributed by atoms with Crippen molar-refractivity contribution in [1.29, 1.82) is 0 Å². The molecule has 4 heterocycles. The minimum atomic E-state index is 0.598. The molecule has 4 aromatic heterocycles. The van der Waals surface area contributed by atoms with Gasteiger partial charge in [0.05, 0.1) is 0 Å². The molecular weight excluding hydrogens is 350 g/mol. The first kappa shape index (κ1) is 17.8. The fourth-order valence-electron chi connectivity index (χ4n) is 2.72. The maximum Gasteiger partial charge on any atom is 0.180 e. The van der Waals surface area contributed by atoms with E-state index in [1.54, 1.807) is 6.20 Å². The number of aromatic nitrogens is 5. The SMILES string of the molecule is Cc1ccc(CNc2nc3cccnc3nc2NCc2ccc(C)nc2)cn1. The molecule has 0 saturated carbocycles. The summed E-state index contributed by atoms with van der Waals surface area (Å²) in [7, 11) is 0. The summed E-state index contributed by atoms with van der Waals surface area (Å²) in [4.78, 5) is 22.3. The van der Waals surface area contributed by atoms with Gasteiger partial charge in [-0.2, -0.15) is 0 Å². The number of nitrogens with one attached hydrogen (secondary N) is 2. The zero-order chi connectivity index (χ0) is 19.3. The van der Waals surface area contributed by atoms with Crippen molar-refractivity contribution >= 4 is 22.8 Å². The van der Waals surface area contributed by atoms with Crippen molar-refractivity contribution in [3.8, 4) is 0 Å². The number of fused-ring (bicyclic) bond motifs is 1. The van der Waals surface area contributed by atoms with E-state index in [0.29, 0.717) is 30.4 Å². The monoisotopic (exact) mass is 371 g/mol. The van der Waals surface area contributed by atoms with E-state index < -0.39 is 0 Å². The Balaban J connectivity index is 1.58. The lowest BCUT2D eigenvalue weighted by Crippen LogP contribution is -2.10. The normalized spacial score (nSPS) is 10.8. The van der Waals surface area contributed by atoms with E-state index in [1.807, 2.05) is 56.6 Å². The van der Waals surface area contributed by atoms with Crippen molar-refractivity contribution in [1.82, 2.24) is 24.9 Å². The number of rotatable bonds is 6. The highest BCUT2D eigenvalue weighted by Crippen LogP contribution is 2.21. The van der Waals surface area contributed by atoms with Crippen LogP contribution in [0.5, 0.6) is 0 Å². The molecule has 0 spiro atoms. The zero-order valence-electron chi connectivity index (χ0n) is 15.8. The largest absolute Gasteiger partial charge is 0.363 e. The van der Waals surface area contributed by atoms with Crippen LogP contribution in [0.4, 0.5) is 11.6 Å². The fraction of sp³-hybridized carbons (Fsp3) is 0.190. The zero-order valence-corrected chi connectivity index (χ0v) is 15.8. The van der Waals surface area contributed by atoms with Crippen LogP contribution in [-0.4, -0.2) is 24.9 Å². The van der Waals surface area contributed by atoms with Crippen LogP contribution in [0.1, 0.15) is 22.5 Å². The predicted molar refractivity (Wildman–Crippen MR) is 110 cm³/mol. The topological polar surface area (TPSA) is 88.5 Å². The van der Waals surface area contributed by atoms with Crippen LogP contribution >= 0.6 is 0 Å². The van der Waals surface area contributed by atoms with Crippen LogP contribution in [0.2, 0.25) is 0 Å². The number of aryl methyl sites for hydroxylation is 2. The van der Waals surface area contributed by atoms with Gasteiger partial charge in [-0.25, -0.2) is 15.0 Å². The van der Waals surface area contributed by atoms with E-state index in [4.69, 9.17) is 4.98 Å². The van der Waals surface area contributed by atoms with Crippen LogP contribution in [0.15, 0.2) is 55.0 Å². The summed E-state index contributed by atoms with van der Waals surface area (Å²) in [6, 6.07) is 11.9. The van der Waals surface area contributed by atoms with Crippen LogP contribution in [0.25, 0.3) is 11.2 Å². The number of hydrogen-bond donors (Lipinski definition) is 2. The van der Waals surface area contributed by atoms with Crippen molar-refractivity contribution in [3.05, 3.63) is 77.5 Å². The molecule has 0 bridgehead atoms. The Labute approximate surface area is 163 Å². The van der Waals surface area contributed by atoms with E-state index in [2.05, 4.69) is 36.6 Å². The third-order valence-electron chi connectivity index (χ3n) is 4.31. The van der Waals surface area contributed by atoms with Crippen molar-refractivity contribution in [2.24, 2.45) is 0 Å². The first-order valence-electron chi connectivity index (χ1n) is 9.11. The third-order valence-corrected chi connectivity index (χ3v) is 4.31. The first-order chi connectivity index (χ1) is 13.7. The summed E-state index contributed by atoms with van der Waals surface area (Å²) < 4.78 is 0. The Morgan fingerprint density at radius 3 is 1.89 bits per heavy atom. The van der Waals surface area contributed by atoms with E-state index in [-0.39, 0.29) is 0 Å². The van der Waals surface area contributed by atoms with E-state index >= 15 is 0 Å². The summed E-state index contributed by atoms with van der Waals surface area (Å²) in [5.41, 5.74) is 5.49. The molecule has 0 radical (unpaired) electrons. The van der Waals surface area contributed by atoms with Crippen LogP contribution in [0.3, 0.4) is 0 Å². The van der Waals surface area contributed by atoms with E-state index in [0.717, 1.165) is 28.0 Å². The second-order valence-corrected chi connectivity index (χ2v) is 6.59. The van der Waals surface area contributed by atoms with Gasteiger partial charge in [0.25, 0.3) is 0 Å². The van der Waals surface area contributed by atoms with Crippen molar-refractivity contribution in [3.63, 3.8) is 0 Å². The molecule has 28 heavy (non-hydrogen) atoms. The molecule has 2 N–H and O–H groups in total. The summed E-state index contributed by atoms with van der Waals surface area (Å²) in [6.07, 6.45) is 5.44. The van der Waals surface area contributed by atoms with E-state index in [1.165, 1.54) is 0 Å². The van der Waals surface area contributed by atoms with Crippen LogP contribution in [0, 0.1) is 13.8 Å². The Hall–Kier alpha value is -3.61. The Morgan fingerprint density at radius 2 is 1.32 bits per heavy atom. The molecule has 0 fully saturated rings. The average molecular weight is 371 g/mol. The second kappa shape index (κ2) is 7.96. The highest BCUT2D eigenvalue weighted by molar-refractivity contribution is 5.76. The highest BCUT2D eigenvalue weighted by atomic mass is 15.1. The minimum absolute atomic E-state index is 0.598. The van der Waals surface area contributed by atoms with Crippen molar-refractivity contribution in [2.75, 3.05) is 10.6 Å². The van der Waals surface area contributed by atoms with Gasteiger partial charge in [0.15, 0.2) is 17.3 Å². The molecule has 0 atom stereocenters. The number of hydrogen-bond acceptors (Lipinski definition) is 7. The van der Waals surface area contributed by atoms with Crippen LogP contribution < -0.4 is 10.6 Å². The molecular formula is C21H21N7. The lowest BCUT2D eigenvalue weighted by Gasteiger charge is -2.13. The van der Waals surface area contributed by atoms with Gasteiger partial charge in [0.1, 0.15) is 5.52 Å². The number of pyridine rings is 3. The van der Waals surface area contributed by atoms with Gasteiger partial charge < -0.3 is 10.6 Å². The molecule has 0 saturated heterocycles. The number of anilines is 2. The van der Waals surface area contributed by atoms with E-state index in [9.17, 15) is 0 Å². The molecule has 0 aliphatic carbocycles. The standard InChI is InChI=1S/C21H21N7/c1-14-5-7-16(10-23-14)12-25-20-21(26-13-17-8-6-15(2)24-11-17)28-19-18(27-20)4-3-9-22-19/h3-11H,12-13H2,1-2H3,(H,25,27)(H,22,26,28). The van der Waals surface area contributed by atoms with Gasteiger partial charge in [-0.1, -0.05) is 12.1 Å². The predicted octanol–water partition coefficient (Wildman–Crippen LogP) is 3.66. The van der Waals surface area contributed by atoms with Gasteiger partial charge in [0, 0.05) is 43.1 Å². The molecule has 4 aromatic rings. The Kier molecular flexibility index (Phi) is 5.05. The highest BCUT2D eigenvalue weighted by Gasteiger charge is 2.10. The second-order valence-electron chi connectivity index (χ2n) is 6.59. The smallest absolute Gasteiger partial charge is 0.180 e. The first-order valence-corrected chi connectivity index (χ1v) is 9.11. The quantitative estimate of drug-likeness (QED) is 0.535. The molecule has 7 heteroatoms. The molecule has 0 aliphatic rings. The fourth-order valence-corrected chi connectivity index (χ4v) is 2.72. The maximum absolute atomic E-state index is 4.70. The molecule has 0 unspecified atom stereocenters. The summed E-state index contributed by atoms with van der Waals surface area (Å²) in [6.45, 7) is 5.15. The Bertz CT molecular complexity index is 988. The Morgan fingerprint density at radius 1 is 0.714 bits per heavy atom. The van der Waals surface area contributed by atoms with Gasteiger partial charge in [-0.05, 0) is 49.2 Å². The molecule has 7 nitrogen and oxygen atoms in total. The third kappa shape index (κ3) is 4.20. The lowest BCUT2D eigenvalue weighted by atomic mass is 10.2. The minimum Gasteiger partial charge on any atom is -0.363 e. The van der Waals surface area contributed by atoms with Gasteiger partial charge in [-0.3, -0.25) is 9.97 Å². The van der Waals surface area contributed by atoms with Gasteiger partial charge >= 0.3 is 0 Å². The van der Waals surface area contributed by atoms with Crippen molar-refractivity contribution in [2.45, 2.75) is 26.9 Å². The molecule has 4 rings (SSSR count). The average Bonchev–Trinajstić information content (AvgIpc) is 2.72. The molecule has 0 aliphatic heterocycles. The summed E-state index contributed by atoms with van der Waals surface area (Å²) >= 11 is 0. The van der Waals surface area contributed by atoms with Crippen molar-refractivity contribution < 1.29 is 0 Å². The summed E-state index contributed by atoms with van der Waals surface area (Å²) in [5, 5.41) is 6.72. The summed E-state index contributed by atoms with van der Waals surface area (Å²) in [5.74, 6) is 1.34. The number of nitrogens with zero attached hydrogens (tertiary/aromatic N) is 5. The molecule has 0 aromatic carbocycles. The molecule has 140 valence electrons. The lowest BCUT2D eigenvalue weighted by molar-refractivity contribution is 1.04.